The minimum Gasteiger partial charge on any atom is -0.508 e. The van der Waals surface area contributed by atoms with E-state index in [1.165, 1.54) is 6.42 Å². The van der Waals surface area contributed by atoms with Crippen molar-refractivity contribution in [3.8, 4) is 27.7 Å². The number of hydrogen-bond acceptors (Lipinski definition) is 6. The Kier molecular flexibility index (Phi) is 7.15. The maximum atomic E-state index is 10.3. The van der Waals surface area contributed by atoms with E-state index >= 15 is 0 Å². The highest BCUT2D eigenvalue weighted by molar-refractivity contribution is 7.13. The van der Waals surface area contributed by atoms with Crippen molar-refractivity contribution in [2.75, 3.05) is 19.7 Å². The number of fused-ring (bicyclic) bond motifs is 1. The molecule has 0 radical (unpaired) electrons. The lowest BCUT2D eigenvalue weighted by Gasteiger charge is -2.31. The molecule has 0 bridgehead atoms. The Morgan fingerprint density at radius 1 is 1.10 bits per heavy atom. The van der Waals surface area contributed by atoms with E-state index in [-0.39, 0.29) is 11.9 Å². The lowest BCUT2D eigenvalue weighted by molar-refractivity contribution is 0.169. The number of hydrogen-bond donors (Lipinski definition) is 1. The van der Waals surface area contributed by atoms with Crippen LogP contribution >= 0.6 is 11.3 Å². The van der Waals surface area contributed by atoms with E-state index in [1.807, 2.05) is 42.0 Å². The number of likely N-dealkylation sites (tertiary alicyclic amines) is 1. The number of nitrogens with zero attached hydrogens (tertiary/aromatic N) is 2. The van der Waals surface area contributed by atoms with Crippen molar-refractivity contribution < 1.29 is 14.6 Å². The molecule has 0 amide bonds. The molecule has 200 valence electrons. The normalized spacial score (nSPS) is 20.0. The van der Waals surface area contributed by atoms with Crippen molar-refractivity contribution in [1.82, 2.24) is 9.88 Å². The van der Waals surface area contributed by atoms with Crippen LogP contribution in [0, 0.1) is 5.92 Å². The number of aromatic nitrogens is 1. The fourth-order valence-corrected chi connectivity index (χ4v) is 6.29. The van der Waals surface area contributed by atoms with E-state index in [1.54, 1.807) is 17.4 Å². The van der Waals surface area contributed by atoms with Gasteiger partial charge in [-0.3, -0.25) is 9.88 Å². The highest BCUT2D eigenvalue weighted by atomic mass is 32.1. The third-order valence-electron chi connectivity index (χ3n) is 7.92. The maximum Gasteiger partial charge on any atom is 0.150 e. The Balaban J connectivity index is 1.29. The summed E-state index contributed by atoms with van der Waals surface area (Å²) in [5.41, 5.74) is 8.19. The fraction of sp³-hybridized carbons (Fsp3) is 0.303. The number of phenolic OH excluding ortho intramolecular Hbond substituents is 1. The Bertz CT molecular complexity index is 1480. The summed E-state index contributed by atoms with van der Waals surface area (Å²) in [6.07, 6.45) is 2.85. The molecule has 5 nitrogen and oxygen atoms in total. The van der Waals surface area contributed by atoms with Gasteiger partial charge in [0.05, 0.1) is 10.4 Å². The molecule has 6 heteroatoms. The van der Waals surface area contributed by atoms with E-state index in [9.17, 15) is 5.11 Å². The second-order valence-corrected chi connectivity index (χ2v) is 11.7. The molecule has 3 aromatic carbocycles. The molecule has 2 aliphatic rings. The summed E-state index contributed by atoms with van der Waals surface area (Å²) in [4.78, 5) is 7.88. The van der Waals surface area contributed by atoms with Crippen LogP contribution in [-0.2, 0) is 0 Å². The smallest absolute Gasteiger partial charge is 0.150 e. The summed E-state index contributed by atoms with van der Waals surface area (Å²) in [7, 11) is 0. The summed E-state index contributed by atoms with van der Waals surface area (Å²) in [5, 5.41) is 10.3. The van der Waals surface area contributed by atoms with Crippen molar-refractivity contribution in [2.45, 2.75) is 39.3 Å². The van der Waals surface area contributed by atoms with E-state index in [0.717, 1.165) is 68.8 Å². The summed E-state index contributed by atoms with van der Waals surface area (Å²) in [5.74, 6) is 2.72. The van der Waals surface area contributed by atoms with Crippen LogP contribution in [0.2, 0.25) is 0 Å². The number of aromatic hydroxyl groups is 1. The Hall–Kier alpha value is -3.61. The molecule has 0 aliphatic carbocycles. The van der Waals surface area contributed by atoms with Gasteiger partial charge in [0.1, 0.15) is 30.0 Å². The van der Waals surface area contributed by atoms with Crippen LogP contribution in [0.3, 0.4) is 0 Å². The number of thiazole rings is 1. The standard InChI is InChI=1S/C33H34N2O3S/c1-21-13-14-35(18-21)22(2)19-37-28-10-7-24(8-11-28)33-32(26-5-4-6-27(36)15-26)23(3)29-16-25(9-12-30(29)38-33)31-17-34-20-39-31/h4-12,15-17,20-22,33,36H,13-14,18-19H2,1-3H3/t21-,22+,33?/m1/s1. The first kappa shape index (κ1) is 25.7. The molecule has 0 spiro atoms. The largest absolute Gasteiger partial charge is 0.508 e. The summed E-state index contributed by atoms with van der Waals surface area (Å²) < 4.78 is 12.9. The number of phenols is 1. The molecule has 4 aromatic rings. The van der Waals surface area contributed by atoms with Gasteiger partial charge in [-0.15, -0.1) is 11.3 Å². The van der Waals surface area contributed by atoms with Crippen molar-refractivity contribution >= 4 is 22.5 Å². The van der Waals surface area contributed by atoms with Crippen molar-refractivity contribution in [3.63, 3.8) is 0 Å². The van der Waals surface area contributed by atoms with Gasteiger partial charge in [0, 0.05) is 29.9 Å². The molecular weight excluding hydrogens is 504 g/mol. The predicted molar refractivity (Wildman–Crippen MR) is 158 cm³/mol. The van der Waals surface area contributed by atoms with Gasteiger partial charge in [-0.1, -0.05) is 31.2 Å². The second-order valence-electron chi connectivity index (χ2n) is 10.8. The molecule has 0 saturated carbocycles. The van der Waals surface area contributed by atoms with Crippen LogP contribution in [0.25, 0.3) is 21.6 Å². The average Bonchev–Trinajstić information content (AvgIpc) is 3.64. The monoisotopic (exact) mass is 538 g/mol. The molecule has 1 N–H and O–H groups in total. The minimum absolute atomic E-state index is 0.237. The Labute approximate surface area is 234 Å². The van der Waals surface area contributed by atoms with Gasteiger partial charge in [-0.2, -0.15) is 0 Å². The van der Waals surface area contributed by atoms with E-state index in [0.29, 0.717) is 12.6 Å². The molecule has 6 rings (SSSR count). The molecule has 39 heavy (non-hydrogen) atoms. The van der Waals surface area contributed by atoms with E-state index in [4.69, 9.17) is 9.47 Å². The predicted octanol–water partition coefficient (Wildman–Crippen LogP) is 7.69. The van der Waals surface area contributed by atoms with Gasteiger partial charge in [0.2, 0.25) is 0 Å². The second kappa shape index (κ2) is 10.9. The van der Waals surface area contributed by atoms with Gasteiger partial charge in [0.25, 0.3) is 0 Å². The minimum atomic E-state index is -0.312. The molecular formula is C33H34N2O3S. The van der Waals surface area contributed by atoms with Gasteiger partial charge < -0.3 is 14.6 Å². The van der Waals surface area contributed by atoms with Crippen LogP contribution in [0.5, 0.6) is 17.2 Å². The van der Waals surface area contributed by atoms with Crippen molar-refractivity contribution in [2.24, 2.45) is 5.92 Å². The summed E-state index contributed by atoms with van der Waals surface area (Å²) in [6.45, 7) is 9.69. The van der Waals surface area contributed by atoms with Crippen LogP contribution < -0.4 is 9.47 Å². The molecule has 3 atom stereocenters. The summed E-state index contributed by atoms with van der Waals surface area (Å²) in [6, 6.07) is 22.4. The average molecular weight is 539 g/mol. The Morgan fingerprint density at radius 3 is 2.67 bits per heavy atom. The number of rotatable bonds is 7. The van der Waals surface area contributed by atoms with Crippen molar-refractivity contribution in [3.05, 3.63) is 95.1 Å². The zero-order chi connectivity index (χ0) is 26.9. The van der Waals surface area contributed by atoms with Crippen LogP contribution in [-0.4, -0.2) is 40.7 Å². The van der Waals surface area contributed by atoms with Gasteiger partial charge in [-0.05, 0) is 97.5 Å². The molecule has 1 unspecified atom stereocenters. The third kappa shape index (κ3) is 5.32. The number of allylic oxidation sites excluding steroid dienone is 1. The van der Waals surface area contributed by atoms with Crippen LogP contribution in [0.4, 0.5) is 0 Å². The quantitative estimate of drug-likeness (QED) is 0.261. The van der Waals surface area contributed by atoms with Gasteiger partial charge in [-0.25, -0.2) is 0 Å². The highest BCUT2D eigenvalue weighted by Crippen LogP contribution is 2.48. The van der Waals surface area contributed by atoms with Gasteiger partial charge >= 0.3 is 0 Å². The SMILES string of the molecule is CC1=C(c2cccc(O)c2)C(c2ccc(OC[C@H](C)N3CC[C@@H](C)C3)cc2)Oc2ccc(-c3cncs3)cc21. The highest BCUT2D eigenvalue weighted by Gasteiger charge is 2.30. The molecule has 3 heterocycles. The van der Waals surface area contributed by atoms with Crippen LogP contribution in [0.15, 0.2) is 78.4 Å². The zero-order valence-electron chi connectivity index (χ0n) is 22.6. The molecule has 1 saturated heterocycles. The first-order valence-corrected chi connectivity index (χ1v) is 14.5. The number of benzene rings is 3. The maximum absolute atomic E-state index is 10.3. The Morgan fingerprint density at radius 2 is 1.95 bits per heavy atom. The molecule has 1 aromatic heterocycles. The van der Waals surface area contributed by atoms with Gasteiger partial charge in [0.15, 0.2) is 0 Å². The van der Waals surface area contributed by atoms with E-state index in [2.05, 4.69) is 61.0 Å². The summed E-state index contributed by atoms with van der Waals surface area (Å²) >= 11 is 1.62. The topological polar surface area (TPSA) is 54.8 Å². The third-order valence-corrected chi connectivity index (χ3v) is 8.74. The fourth-order valence-electron chi connectivity index (χ4n) is 5.67. The van der Waals surface area contributed by atoms with E-state index < -0.39 is 0 Å². The van der Waals surface area contributed by atoms with Crippen LogP contribution in [0.1, 0.15) is 50.0 Å². The first-order chi connectivity index (χ1) is 19.0. The van der Waals surface area contributed by atoms with Crippen molar-refractivity contribution in [1.29, 1.82) is 0 Å². The molecule has 1 fully saturated rings. The molecule has 2 aliphatic heterocycles. The lowest BCUT2D eigenvalue weighted by atomic mass is 9.85. The number of ether oxygens (including phenoxy) is 2. The lowest BCUT2D eigenvalue weighted by Crippen LogP contribution is -2.35. The first-order valence-electron chi connectivity index (χ1n) is 13.6. The zero-order valence-corrected chi connectivity index (χ0v) is 23.4.